The molecular formula is C14H18N2O4. The number of carbonyl (C=O) groups excluding carboxylic acids is 1. The Labute approximate surface area is 116 Å². The van der Waals surface area contributed by atoms with E-state index in [0.717, 1.165) is 0 Å². The summed E-state index contributed by atoms with van der Waals surface area (Å²) in [5.74, 6) is -0.261. The number of aliphatic carboxylic acids is 1. The standard InChI is InChI=1S/C14H18N2O4/c1-7-4-8(20-15-7)5-10(17)16-6-9-11(14(9,2)3)12(16)13(18)19/h4,9,11-12H,5-6H2,1-3H3,(H,18,19)/t9-,11-,12-/m0/s1. The molecule has 3 atom stereocenters. The lowest BCUT2D eigenvalue weighted by Gasteiger charge is -2.27. The van der Waals surface area contributed by atoms with Crippen molar-refractivity contribution in [3.63, 3.8) is 0 Å². The van der Waals surface area contributed by atoms with E-state index < -0.39 is 12.0 Å². The number of rotatable bonds is 3. The lowest BCUT2D eigenvalue weighted by Crippen LogP contribution is -2.45. The monoisotopic (exact) mass is 278 g/mol. The minimum atomic E-state index is -0.912. The van der Waals surface area contributed by atoms with Crippen molar-refractivity contribution in [2.45, 2.75) is 33.2 Å². The van der Waals surface area contributed by atoms with Crippen LogP contribution < -0.4 is 0 Å². The summed E-state index contributed by atoms with van der Waals surface area (Å²) in [6.45, 7) is 6.45. The fraction of sp³-hybridized carbons (Fsp3) is 0.643. The highest BCUT2D eigenvalue weighted by Crippen LogP contribution is 2.64. The largest absolute Gasteiger partial charge is 0.480 e. The molecule has 0 unspecified atom stereocenters. The number of likely N-dealkylation sites (tertiary alicyclic amines) is 1. The quantitative estimate of drug-likeness (QED) is 0.895. The number of aryl methyl sites for hydroxylation is 1. The number of hydrogen-bond donors (Lipinski definition) is 1. The number of carboxylic acids is 1. The van der Waals surface area contributed by atoms with Crippen molar-refractivity contribution in [1.29, 1.82) is 0 Å². The molecule has 2 heterocycles. The molecular weight excluding hydrogens is 260 g/mol. The lowest BCUT2D eigenvalue weighted by atomic mass is 10.0. The molecule has 6 heteroatoms. The van der Waals surface area contributed by atoms with Crippen molar-refractivity contribution in [1.82, 2.24) is 10.1 Å². The summed E-state index contributed by atoms with van der Waals surface area (Å²) in [4.78, 5) is 25.2. The van der Waals surface area contributed by atoms with Gasteiger partial charge in [-0.2, -0.15) is 0 Å². The Morgan fingerprint density at radius 1 is 1.55 bits per heavy atom. The summed E-state index contributed by atoms with van der Waals surface area (Å²) in [6, 6.07) is 1.00. The summed E-state index contributed by atoms with van der Waals surface area (Å²) >= 11 is 0. The Morgan fingerprint density at radius 2 is 2.25 bits per heavy atom. The zero-order valence-electron chi connectivity index (χ0n) is 11.8. The van der Waals surface area contributed by atoms with Gasteiger partial charge in [0.1, 0.15) is 11.8 Å². The average molecular weight is 278 g/mol. The molecule has 108 valence electrons. The third kappa shape index (κ3) is 1.82. The van der Waals surface area contributed by atoms with E-state index in [9.17, 15) is 14.7 Å². The van der Waals surface area contributed by atoms with Crippen molar-refractivity contribution < 1.29 is 19.2 Å². The number of fused-ring (bicyclic) bond motifs is 1. The first-order valence-corrected chi connectivity index (χ1v) is 6.77. The molecule has 0 aromatic carbocycles. The van der Waals surface area contributed by atoms with Crippen LogP contribution in [0.4, 0.5) is 0 Å². The molecule has 0 bridgehead atoms. The van der Waals surface area contributed by atoms with Crippen LogP contribution >= 0.6 is 0 Å². The third-order valence-electron chi connectivity index (χ3n) is 4.78. The number of aromatic nitrogens is 1. The lowest BCUT2D eigenvalue weighted by molar-refractivity contribution is -0.150. The first-order valence-electron chi connectivity index (χ1n) is 6.77. The summed E-state index contributed by atoms with van der Waals surface area (Å²) < 4.78 is 5.02. The van der Waals surface area contributed by atoms with Crippen LogP contribution in [0.15, 0.2) is 10.6 Å². The van der Waals surface area contributed by atoms with Gasteiger partial charge >= 0.3 is 5.97 Å². The molecule has 1 aromatic heterocycles. The van der Waals surface area contributed by atoms with Gasteiger partial charge in [-0.25, -0.2) is 4.79 Å². The second kappa shape index (κ2) is 4.07. The Bertz CT molecular complexity index is 577. The van der Waals surface area contributed by atoms with E-state index >= 15 is 0 Å². The molecule has 2 fully saturated rings. The number of nitrogens with zero attached hydrogens (tertiary/aromatic N) is 2. The molecule has 1 aliphatic carbocycles. The number of piperidine rings is 1. The van der Waals surface area contributed by atoms with Crippen LogP contribution in [0, 0.1) is 24.2 Å². The summed E-state index contributed by atoms with van der Waals surface area (Å²) in [5.41, 5.74) is 0.746. The Morgan fingerprint density at radius 3 is 2.80 bits per heavy atom. The van der Waals surface area contributed by atoms with Crippen LogP contribution in [-0.2, 0) is 16.0 Å². The van der Waals surface area contributed by atoms with Gasteiger partial charge in [0.15, 0.2) is 0 Å². The van der Waals surface area contributed by atoms with Gasteiger partial charge in [0.05, 0.1) is 12.1 Å². The maximum atomic E-state index is 12.3. The highest BCUT2D eigenvalue weighted by Gasteiger charge is 2.69. The predicted molar refractivity (Wildman–Crippen MR) is 68.8 cm³/mol. The summed E-state index contributed by atoms with van der Waals surface area (Å²) in [5, 5.41) is 13.1. The summed E-state index contributed by atoms with van der Waals surface area (Å²) in [7, 11) is 0. The van der Waals surface area contributed by atoms with Crippen LogP contribution in [0.3, 0.4) is 0 Å². The SMILES string of the molecule is Cc1cc(CC(=O)N2C[C@H]3[C@@H]([C@H]2C(=O)O)C3(C)C)on1. The third-order valence-corrected chi connectivity index (χ3v) is 4.78. The van der Waals surface area contributed by atoms with Crippen molar-refractivity contribution in [2.75, 3.05) is 6.54 Å². The molecule has 1 saturated carbocycles. The van der Waals surface area contributed by atoms with Crippen molar-refractivity contribution >= 4 is 11.9 Å². The molecule has 6 nitrogen and oxygen atoms in total. The zero-order valence-corrected chi connectivity index (χ0v) is 11.8. The second-order valence-corrected chi connectivity index (χ2v) is 6.39. The van der Waals surface area contributed by atoms with E-state index in [1.807, 2.05) is 0 Å². The highest BCUT2D eigenvalue weighted by atomic mass is 16.5. The smallest absolute Gasteiger partial charge is 0.326 e. The first kappa shape index (κ1) is 13.1. The maximum Gasteiger partial charge on any atom is 0.326 e. The van der Waals surface area contributed by atoms with E-state index in [0.29, 0.717) is 23.9 Å². The molecule has 1 saturated heterocycles. The Kier molecular flexibility index (Phi) is 2.68. The Balaban J connectivity index is 1.74. The van der Waals surface area contributed by atoms with Crippen LogP contribution in [-0.4, -0.2) is 39.6 Å². The Hall–Kier alpha value is -1.85. The van der Waals surface area contributed by atoms with Crippen LogP contribution in [0.1, 0.15) is 25.3 Å². The van der Waals surface area contributed by atoms with Crippen LogP contribution in [0.5, 0.6) is 0 Å². The van der Waals surface area contributed by atoms with Gasteiger partial charge in [-0.05, 0) is 18.3 Å². The molecule has 0 spiro atoms. The zero-order chi connectivity index (χ0) is 14.7. The molecule has 1 amide bonds. The number of hydrogen-bond acceptors (Lipinski definition) is 4. The molecule has 1 aliphatic heterocycles. The van der Waals surface area contributed by atoms with Crippen LogP contribution in [0.25, 0.3) is 0 Å². The van der Waals surface area contributed by atoms with Gasteiger partial charge in [0, 0.05) is 18.5 Å². The fourth-order valence-electron chi connectivity index (χ4n) is 3.58. The van der Waals surface area contributed by atoms with Gasteiger partial charge < -0.3 is 14.5 Å². The van der Waals surface area contributed by atoms with E-state index in [1.54, 1.807) is 13.0 Å². The van der Waals surface area contributed by atoms with Gasteiger partial charge in [-0.3, -0.25) is 4.79 Å². The second-order valence-electron chi connectivity index (χ2n) is 6.39. The van der Waals surface area contributed by atoms with Crippen molar-refractivity contribution in [3.8, 4) is 0 Å². The van der Waals surface area contributed by atoms with E-state index in [2.05, 4.69) is 19.0 Å². The predicted octanol–water partition coefficient (Wildman–Crippen LogP) is 1.09. The number of carbonyl (C=O) groups is 2. The molecule has 2 aliphatic rings. The van der Waals surface area contributed by atoms with E-state index in [1.165, 1.54) is 4.90 Å². The maximum absolute atomic E-state index is 12.3. The highest BCUT2D eigenvalue weighted by molar-refractivity contribution is 5.86. The molecule has 20 heavy (non-hydrogen) atoms. The average Bonchev–Trinajstić information content (AvgIpc) is 2.78. The minimum Gasteiger partial charge on any atom is -0.480 e. The molecule has 0 radical (unpaired) electrons. The van der Waals surface area contributed by atoms with E-state index in [-0.39, 0.29) is 23.7 Å². The fourth-order valence-corrected chi connectivity index (χ4v) is 3.58. The van der Waals surface area contributed by atoms with Crippen molar-refractivity contribution in [3.05, 3.63) is 17.5 Å². The molecule has 3 rings (SSSR count). The van der Waals surface area contributed by atoms with Crippen LogP contribution in [0.2, 0.25) is 0 Å². The number of carboxylic acid groups (broad SMARTS) is 1. The normalized spacial score (nSPS) is 30.1. The minimum absolute atomic E-state index is 0.0304. The summed E-state index contributed by atoms with van der Waals surface area (Å²) in [6.07, 6.45) is 0.0739. The van der Waals surface area contributed by atoms with Gasteiger partial charge in [0.2, 0.25) is 5.91 Å². The van der Waals surface area contributed by atoms with Gasteiger partial charge in [0.25, 0.3) is 0 Å². The first-order chi connectivity index (χ1) is 9.32. The molecule has 1 aromatic rings. The van der Waals surface area contributed by atoms with Crippen molar-refractivity contribution in [2.24, 2.45) is 17.3 Å². The van der Waals surface area contributed by atoms with E-state index in [4.69, 9.17) is 4.52 Å². The number of amides is 1. The van der Waals surface area contributed by atoms with Gasteiger partial charge in [-0.1, -0.05) is 19.0 Å². The topological polar surface area (TPSA) is 83.6 Å². The van der Waals surface area contributed by atoms with Gasteiger partial charge in [-0.15, -0.1) is 0 Å². The molecule has 1 N–H and O–H groups in total.